The number of nitrogens with zero attached hydrogens (tertiary/aromatic N) is 1. The van der Waals surface area contributed by atoms with Crippen molar-refractivity contribution in [2.75, 3.05) is 5.73 Å². The minimum atomic E-state index is 0. The van der Waals surface area contributed by atoms with Crippen molar-refractivity contribution in [3.8, 4) is 11.3 Å². The Kier molecular flexibility index (Phi) is 3.88. The zero-order valence-corrected chi connectivity index (χ0v) is 11.0. The van der Waals surface area contributed by atoms with Crippen LogP contribution in [0.3, 0.4) is 0 Å². The SMILES string of the molecule is Cc1ccc(-c2csc(N)n2)c(C)c1.[Br-]. The third kappa shape index (κ3) is 2.58. The summed E-state index contributed by atoms with van der Waals surface area (Å²) in [4.78, 5) is 4.27. The van der Waals surface area contributed by atoms with E-state index in [0.717, 1.165) is 5.69 Å². The van der Waals surface area contributed by atoms with Crippen molar-refractivity contribution in [3.05, 3.63) is 34.7 Å². The topological polar surface area (TPSA) is 38.9 Å². The molecule has 0 spiro atoms. The molecule has 0 radical (unpaired) electrons. The molecule has 1 heterocycles. The number of rotatable bonds is 1. The molecule has 0 saturated heterocycles. The van der Waals surface area contributed by atoms with Crippen molar-refractivity contribution in [1.29, 1.82) is 0 Å². The van der Waals surface area contributed by atoms with E-state index in [1.54, 1.807) is 0 Å². The molecule has 0 atom stereocenters. The molecule has 0 aliphatic heterocycles. The van der Waals surface area contributed by atoms with Crippen molar-refractivity contribution in [2.45, 2.75) is 13.8 Å². The van der Waals surface area contributed by atoms with Gasteiger partial charge in [0.2, 0.25) is 0 Å². The number of halogens is 1. The van der Waals surface area contributed by atoms with Crippen LogP contribution in [0.4, 0.5) is 5.13 Å². The number of nitrogens with two attached hydrogens (primary N) is 1. The van der Waals surface area contributed by atoms with Crippen molar-refractivity contribution < 1.29 is 17.0 Å². The number of hydrogen-bond acceptors (Lipinski definition) is 3. The number of aromatic nitrogens is 1. The van der Waals surface area contributed by atoms with Crippen LogP contribution >= 0.6 is 11.3 Å². The molecule has 2 rings (SSSR count). The van der Waals surface area contributed by atoms with Crippen LogP contribution in [0.1, 0.15) is 11.1 Å². The smallest absolute Gasteiger partial charge is 0.180 e. The molecule has 0 bridgehead atoms. The predicted molar refractivity (Wildman–Crippen MR) is 61.4 cm³/mol. The Bertz CT molecular complexity index is 465. The molecule has 2 aromatic rings. The van der Waals surface area contributed by atoms with E-state index in [9.17, 15) is 0 Å². The van der Waals surface area contributed by atoms with Crippen LogP contribution in [0.25, 0.3) is 11.3 Å². The molecule has 1 aromatic carbocycles. The second kappa shape index (κ2) is 4.77. The highest BCUT2D eigenvalue weighted by Crippen LogP contribution is 2.26. The van der Waals surface area contributed by atoms with Gasteiger partial charge in [-0.15, -0.1) is 11.3 Å². The summed E-state index contributed by atoms with van der Waals surface area (Å²) in [6.07, 6.45) is 0. The van der Waals surface area contributed by atoms with E-state index in [0.29, 0.717) is 5.13 Å². The number of nitrogen functional groups attached to an aromatic ring is 1. The standard InChI is InChI=1S/C11H12N2S.BrH/c1-7-3-4-9(8(2)5-7)10-6-14-11(12)13-10;/h3-6H,1-2H3,(H2,12,13);1H/p-1. The number of aryl methyl sites for hydroxylation is 2. The highest BCUT2D eigenvalue weighted by molar-refractivity contribution is 7.13. The zero-order chi connectivity index (χ0) is 10.1. The normalized spacial score (nSPS) is 9.73. The summed E-state index contributed by atoms with van der Waals surface area (Å²) < 4.78 is 0. The van der Waals surface area contributed by atoms with E-state index >= 15 is 0 Å². The van der Waals surface area contributed by atoms with E-state index < -0.39 is 0 Å². The van der Waals surface area contributed by atoms with Gasteiger partial charge in [0.1, 0.15) is 0 Å². The van der Waals surface area contributed by atoms with Gasteiger partial charge in [-0.25, -0.2) is 4.98 Å². The summed E-state index contributed by atoms with van der Waals surface area (Å²) in [7, 11) is 0. The fourth-order valence-electron chi connectivity index (χ4n) is 1.51. The van der Waals surface area contributed by atoms with Gasteiger partial charge < -0.3 is 22.7 Å². The maximum atomic E-state index is 5.60. The van der Waals surface area contributed by atoms with Crippen LogP contribution in [-0.2, 0) is 0 Å². The monoisotopic (exact) mass is 283 g/mol. The Morgan fingerprint density at radius 2 is 2.00 bits per heavy atom. The molecule has 0 amide bonds. The molecule has 0 fully saturated rings. The second-order valence-corrected chi connectivity index (χ2v) is 4.28. The fourth-order valence-corrected chi connectivity index (χ4v) is 2.08. The molecule has 80 valence electrons. The van der Waals surface area contributed by atoms with Crippen LogP contribution < -0.4 is 22.7 Å². The average molecular weight is 284 g/mol. The minimum Gasteiger partial charge on any atom is -1.00 e. The summed E-state index contributed by atoms with van der Waals surface area (Å²) in [6, 6.07) is 6.35. The average Bonchev–Trinajstić information content (AvgIpc) is 2.51. The number of benzene rings is 1. The first-order chi connectivity index (χ1) is 6.66. The summed E-state index contributed by atoms with van der Waals surface area (Å²) >= 11 is 1.48. The van der Waals surface area contributed by atoms with Crippen molar-refractivity contribution in [2.24, 2.45) is 0 Å². The van der Waals surface area contributed by atoms with E-state index in [2.05, 4.69) is 37.0 Å². The zero-order valence-electron chi connectivity index (χ0n) is 8.62. The van der Waals surface area contributed by atoms with Crippen LogP contribution in [0.15, 0.2) is 23.6 Å². The van der Waals surface area contributed by atoms with E-state index in [4.69, 9.17) is 5.73 Å². The third-order valence-electron chi connectivity index (χ3n) is 2.18. The molecule has 15 heavy (non-hydrogen) atoms. The van der Waals surface area contributed by atoms with Gasteiger partial charge in [0, 0.05) is 10.9 Å². The van der Waals surface area contributed by atoms with Gasteiger partial charge in [0.05, 0.1) is 5.69 Å². The Balaban J connectivity index is 0.00000112. The number of thiazole rings is 1. The fraction of sp³-hybridized carbons (Fsp3) is 0.182. The molecule has 2 N–H and O–H groups in total. The van der Waals surface area contributed by atoms with E-state index in [1.165, 1.54) is 28.0 Å². The molecule has 4 heteroatoms. The lowest BCUT2D eigenvalue weighted by molar-refractivity contribution is -0.00000300. The van der Waals surface area contributed by atoms with Crippen molar-refractivity contribution in [1.82, 2.24) is 4.98 Å². The van der Waals surface area contributed by atoms with Crippen LogP contribution in [0.5, 0.6) is 0 Å². The molecule has 1 aromatic heterocycles. The summed E-state index contributed by atoms with van der Waals surface area (Å²) in [5.74, 6) is 0. The highest BCUT2D eigenvalue weighted by atomic mass is 79.9. The summed E-state index contributed by atoms with van der Waals surface area (Å²) in [6.45, 7) is 4.18. The quantitative estimate of drug-likeness (QED) is 0.801. The molecular formula is C11H12BrN2S-. The lowest BCUT2D eigenvalue weighted by Gasteiger charge is -2.03. The Morgan fingerprint density at radius 3 is 2.53 bits per heavy atom. The lowest BCUT2D eigenvalue weighted by Crippen LogP contribution is -3.00. The van der Waals surface area contributed by atoms with E-state index in [-0.39, 0.29) is 17.0 Å². The van der Waals surface area contributed by atoms with Gasteiger partial charge in [-0.05, 0) is 19.4 Å². The van der Waals surface area contributed by atoms with Gasteiger partial charge >= 0.3 is 0 Å². The maximum absolute atomic E-state index is 5.60. The van der Waals surface area contributed by atoms with Gasteiger partial charge in [0.25, 0.3) is 0 Å². The Hall–Kier alpha value is -0.870. The third-order valence-corrected chi connectivity index (χ3v) is 2.85. The summed E-state index contributed by atoms with van der Waals surface area (Å²) in [5.41, 5.74) is 10.3. The number of hydrogen-bond donors (Lipinski definition) is 1. The van der Waals surface area contributed by atoms with Crippen LogP contribution in [0.2, 0.25) is 0 Å². The van der Waals surface area contributed by atoms with Crippen LogP contribution in [-0.4, -0.2) is 4.98 Å². The molecule has 0 aliphatic rings. The van der Waals surface area contributed by atoms with Gasteiger partial charge in [-0.1, -0.05) is 23.8 Å². The Morgan fingerprint density at radius 1 is 1.27 bits per heavy atom. The first kappa shape index (κ1) is 12.2. The van der Waals surface area contributed by atoms with Gasteiger partial charge in [-0.2, -0.15) is 0 Å². The predicted octanol–water partition coefficient (Wildman–Crippen LogP) is 0.0131. The lowest BCUT2D eigenvalue weighted by atomic mass is 10.0. The Labute approximate surface area is 104 Å². The van der Waals surface area contributed by atoms with Crippen molar-refractivity contribution in [3.63, 3.8) is 0 Å². The first-order valence-corrected chi connectivity index (χ1v) is 5.33. The van der Waals surface area contributed by atoms with Gasteiger partial charge in [0.15, 0.2) is 5.13 Å². The molecule has 0 saturated carbocycles. The molecule has 0 aliphatic carbocycles. The van der Waals surface area contributed by atoms with Crippen LogP contribution in [0, 0.1) is 13.8 Å². The molecule has 0 unspecified atom stereocenters. The largest absolute Gasteiger partial charge is 1.00 e. The first-order valence-electron chi connectivity index (χ1n) is 4.45. The maximum Gasteiger partial charge on any atom is 0.180 e. The van der Waals surface area contributed by atoms with E-state index in [1.807, 2.05) is 5.38 Å². The van der Waals surface area contributed by atoms with Crippen molar-refractivity contribution >= 4 is 16.5 Å². The van der Waals surface area contributed by atoms with Gasteiger partial charge in [-0.3, -0.25) is 0 Å². The summed E-state index contributed by atoms with van der Waals surface area (Å²) in [5, 5.41) is 2.62. The number of anilines is 1. The minimum absolute atomic E-state index is 0. The second-order valence-electron chi connectivity index (χ2n) is 3.39. The molecule has 2 nitrogen and oxygen atoms in total. The molecular weight excluding hydrogens is 272 g/mol. The highest BCUT2D eigenvalue weighted by Gasteiger charge is 2.05.